The molecule has 0 saturated carbocycles. The van der Waals surface area contributed by atoms with Crippen molar-refractivity contribution in [2.75, 3.05) is 13.7 Å². The molecule has 1 heterocycles. The van der Waals surface area contributed by atoms with E-state index in [1.807, 2.05) is 18.4 Å². The Morgan fingerprint density at radius 1 is 1.56 bits per heavy atom. The summed E-state index contributed by atoms with van der Waals surface area (Å²) in [4.78, 5) is 23.5. The van der Waals surface area contributed by atoms with Crippen LogP contribution in [0.5, 0.6) is 0 Å². The van der Waals surface area contributed by atoms with E-state index in [-0.39, 0.29) is 5.91 Å². The number of carbonyl (C=O) groups excluding carboxylic acids is 1. The van der Waals surface area contributed by atoms with Crippen molar-refractivity contribution in [1.82, 2.24) is 5.32 Å². The van der Waals surface area contributed by atoms with Gasteiger partial charge in [0, 0.05) is 13.7 Å². The lowest BCUT2D eigenvalue weighted by Crippen LogP contribution is -2.40. The van der Waals surface area contributed by atoms with Crippen LogP contribution in [0.4, 0.5) is 0 Å². The summed E-state index contributed by atoms with van der Waals surface area (Å²) in [5, 5.41) is 13.4. The molecule has 0 spiro atoms. The molecule has 1 rings (SSSR count). The quantitative estimate of drug-likeness (QED) is 0.740. The maximum atomic E-state index is 11.9. The SMILES string of the molecule is COCCCC(NC(=O)c1sccc1C)C(=O)O. The van der Waals surface area contributed by atoms with Crippen molar-refractivity contribution in [3.63, 3.8) is 0 Å². The maximum absolute atomic E-state index is 11.9. The number of methoxy groups -OCH3 is 1. The molecule has 0 radical (unpaired) electrons. The summed E-state index contributed by atoms with van der Waals surface area (Å²) in [5.74, 6) is -1.35. The van der Waals surface area contributed by atoms with Crippen LogP contribution in [0.25, 0.3) is 0 Å². The molecule has 100 valence electrons. The standard InChI is InChI=1S/C12H17NO4S/c1-8-5-7-18-10(8)11(14)13-9(12(15)16)4-3-6-17-2/h5,7,9H,3-4,6H2,1-2H3,(H,13,14)(H,15,16). The average Bonchev–Trinajstić information content (AvgIpc) is 2.74. The minimum absolute atomic E-state index is 0.327. The molecule has 1 aromatic heterocycles. The molecule has 2 N–H and O–H groups in total. The first-order valence-electron chi connectivity index (χ1n) is 5.63. The van der Waals surface area contributed by atoms with E-state index in [9.17, 15) is 9.59 Å². The summed E-state index contributed by atoms with van der Waals surface area (Å²) in [6.45, 7) is 2.31. The summed E-state index contributed by atoms with van der Waals surface area (Å²) < 4.78 is 4.86. The van der Waals surface area contributed by atoms with E-state index in [1.165, 1.54) is 11.3 Å². The van der Waals surface area contributed by atoms with E-state index >= 15 is 0 Å². The first-order chi connectivity index (χ1) is 8.56. The molecule has 1 aromatic rings. The molecule has 1 atom stereocenters. The summed E-state index contributed by atoms with van der Waals surface area (Å²) in [5.41, 5.74) is 0.860. The second-order valence-electron chi connectivity index (χ2n) is 3.93. The third-order valence-corrected chi connectivity index (χ3v) is 3.53. The maximum Gasteiger partial charge on any atom is 0.326 e. The van der Waals surface area contributed by atoms with Crippen LogP contribution in [0.3, 0.4) is 0 Å². The van der Waals surface area contributed by atoms with Crippen molar-refractivity contribution in [2.45, 2.75) is 25.8 Å². The Hall–Kier alpha value is -1.40. The topological polar surface area (TPSA) is 75.6 Å². The highest BCUT2D eigenvalue weighted by Gasteiger charge is 2.21. The van der Waals surface area contributed by atoms with Crippen molar-refractivity contribution < 1.29 is 19.4 Å². The minimum atomic E-state index is -1.02. The molecule has 0 aliphatic carbocycles. The smallest absolute Gasteiger partial charge is 0.326 e. The lowest BCUT2D eigenvalue weighted by molar-refractivity contribution is -0.139. The number of amides is 1. The van der Waals surface area contributed by atoms with Crippen molar-refractivity contribution in [2.24, 2.45) is 0 Å². The predicted molar refractivity (Wildman–Crippen MR) is 69.1 cm³/mol. The fourth-order valence-corrected chi connectivity index (χ4v) is 2.35. The predicted octanol–water partition coefficient (Wildman–Crippen LogP) is 1.67. The van der Waals surface area contributed by atoms with Gasteiger partial charge in [-0.3, -0.25) is 4.79 Å². The number of hydrogen-bond acceptors (Lipinski definition) is 4. The molecule has 0 saturated heterocycles. The number of carbonyl (C=O) groups is 2. The summed E-state index contributed by atoms with van der Waals surface area (Å²) >= 11 is 1.31. The van der Waals surface area contributed by atoms with Crippen molar-refractivity contribution in [3.05, 3.63) is 21.9 Å². The third kappa shape index (κ3) is 4.12. The van der Waals surface area contributed by atoms with Crippen LogP contribution in [0.15, 0.2) is 11.4 Å². The Labute approximate surface area is 110 Å². The van der Waals surface area contributed by atoms with Gasteiger partial charge in [0.2, 0.25) is 0 Å². The highest BCUT2D eigenvalue weighted by atomic mass is 32.1. The van der Waals surface area contributed by atoms with Gasteiger partial charge in [-0.1, -0.05) is 0 Å². The zero-order valence-electron chi connectivity index (χ0n) is 10.4. The van der Waals surface area contributed by atoms with Gasteiger partial charge in [0.1, 0.15) is 6.04 Å². The highest BCUT2D eigenvalue weighted by Crippen LogP contribution is 2.15. The Morgan fingerprint density at radius 2 is 2.28 bits per heavy atom. The largest absolute Gasteiger partial charge is 0.480 e. The fraction of sp³-hybridized carbons (Fsp3) is 0.500. The number of nitrogens with one attached hydrogen (secondary N) is 1. The number of carboxylic acid groups (broad SMARTS) is 1. The second-order valence-corrected chi connectivity index (χ2v) is 4.85. The molecule has 0 bridgehead atoms. The number of aliphatic carboxylic acids is 1. The molecule has 0 aliphatic rings. The average molecular weight is 271 g/mol. The van der Waals surface area contributed by atoms with Crippen molar-refractivity contribution >= 4 is 23.2 Å². The first-order valence-corrected chi connectivity index (χ1v) is 6.51. The Balaban J connectivity index is 2.58. The van der Waals surface area contributed by atoms with Gasteiger partial charge >= 0.3 is 5.97 Å². The van der Waals surface area contributed by atoms with Crippen LogP contribution in [0.2, 0.25) is 0 Å². The van der Waals surface area contributed by atoms with Crippen LogP contribution in [0.1, 0.15) is 28.1 Å². The van der Waals surface area contributed by atoms with Gasteiger partial charge in [0.25, 0.3) is 5.91 Å². The summed E-state index contributed by atoms with van der Waals surface area (Å²) in [7, 11) is 1.56. The molecule has 1 unspecified atom stereocenters. The van der Waals surface area contributed by atoms with Crippen LogP contribution in [-0.4, -0.2) is 36.7 Å². The molecule has 0 aromatic carbocycles. The van der Waals surface area contributed by atoms with Crippen LogP contribution in [-0.2, 0) is 9.53 Å². The van der Waals surface area contributed by atoms with Gasteiger partial charge < -0.3 is 15.2 Å². The van der Waals surface area contributed by atoms with Crippen LogP contribution < -0.4 is 5.32 Å². The monoisotopic (exact) mass is 271 g/mol. The van der Waals surface area contributed by atoms with Crippen LogP contribution in [0, 0.1) is 6.92 Å². The number of rotatable bonds is 7. The Morgan fingerprint density at radius 3 is 2.78 bits per heavy atom. The summed E-state index contributed by atoms with van der Waals surface area (Å²) in [6, 6.07) is 0.967. The molecule has 5 nitrogen and oxygen atoms in total. The van der Waals surface area contributed by atoms with E-state index in [0.29, 0.717) is 24.3 Å². The van der Waals surface area contributed by atoms with Gasteiger partial charge in [-0.25, -0.2) is 4.79 Å². The number of hydrogen-bond donors (Lipinski definition) is 2. The lowest BCUT2D eigenvalue weighted by Gasteiger charge is -2.13. The van der Waals surface area contributed by atoms with E-state index in [1.54, 1.807) is 7.11 Å². The highest BCUT2D eigenvalue weighted by molar-refractivity contribution is 7.12. The molecule has 6 heteroatoms. The number of ether oxygens (including phenoxy) is 1. The molecular weight excluding hydrogens is 254 g/mol. The second kappa shape index (κ2) is 7.13. The molecule has 18 heavy (non-hydrogen) atoms. The van der Waals surface area contributed by atoms with E-state index in [2.05, 4.69) is 5.32 Å². The molecule has 1 amide bonds. The Bertz CT molecular complexity index is 416. The zero-order valence-corrected chi connectivity index (χ0v) is 11.3. The van der Waals surface area contributed by atoms with E-state index < -0.39 is 12.0 Å². The zero-order chi connectivity index (χ0) is 13.5. The first kappa shape index (κ1) is 14.7. The van der Waals surface area contributed by atoms with Gasteiger partial charge in [-0.05, 0) is 36.8 Å². The van der Waals surface area contributed by atoms with E-state index in [0.717, 1.165) is 5.56 Å². The number of thiophene rings is 1. The molecular formula is C12H17NO4S. The minimum Gasteiger partial charge on any atom is -0.480 e. The Kier molecular flexibility index (Phi) is 5.80. The fourth-order valence-electron chi connectivity index (χ4n) is 1.52. The number of carboxylic acids is 1. The van der Waals surface area contributed by atoms with Crippen LogP contribution >= 0.6 is 11.3 Å². The summed E-state index contributed by atoms with van der Waals surface area (Å²) in [6.07, 6.45) is 0.955. The molecule has 0 aliphatic heterocycles. The third-order valence-electron chi connectivity index (χ3n) is 2.51. The lowest BCUT2D eigenvalue weighted by atomic mass is 10.1. The molecule has 0 fully saturated rings. The number of aryl methyl sites for hydroxylation is 1. The van der Waals surface area contributed by atoms with Gasteiger partial charge in [0.15, 0.2) is 0 Å². The van der Waals surface area contributed by atoms with E-state index in [4.69, 9.17) is 9.84 Å². The van der Waals surface area contributed by atoms with Gasteiger partial charge in [-0.15, -0.1) is 11.3 Å². The van der Waals surface area contributed by atoms with Gasteiger partial charge in [0.05, 0.1) is 4.88 Å². The normalized spacial score (nSPS) is 12.1. The van der Waals surface area contributed by atoms with Gasteiger partial charge in [-0.2, -0.15) is 0 Å². The van der Waals surface area contributed by atoms with Crippen molar-refractivity contribution in [3.8, 4) is 0 Å². The van der Waals surface area contributed by atoms with Crippen molar-refractivity contribution in [1.29, 1.82) is 0 Å².